The molecule has 1 N–H and O–H groups in total. The van der Waals surface area contributed by atoms with Crippen LogP contribution < -0.4 is 5.32 Å². The van der Waals surface area contributed by atoms with E-state index >= 15 is 0 Å². The van der Waals surface area contributed by atoms with Gasteiger partial charge >= 0.3 is 0 Å². The van der Waals surface area contributed by atoms with Gasteiger partial charge in [0, 0.05) is 25.8 Å². The highest BCUT2D eigenvalue weighted by molar-refractivity contribution is 5.36. The third kappa shape index (κ3) is 3.80. The Morgan fingerprint density at radius 3 is 2.42 bits per heavy atom. The Morgan fingerprint density at radius 1 is 1.11 bits per heavy atom. The van der Waals surface area contributed by atoms with Gasteiger partial charge in [-0.05, 0) is 68.7 Å². The molecule has 0 spiro atoms. The van der Waals surface area contributed by atoms with E-state index in [0.717, 1.165) is 25.7 Å². The number of hydrogen-bond donors (Lipinski definition) is 1. The van der Waals surface area contributed by atoms with Crippen LogP contribution in [0.4, 0.5) is 0 Å². The summed E-state index contributed by atoms with van der Waals surface area (Å²) >= 11 is 0. The molecule has 0 saturated carbocycles. The smallest absolute Gasteiger partial charge is 0.0469 e. The lowest BCUT2D eigenvalue weighted by Crippen LogP contribution is -2.36. The summed E-state index contributed by atoms with van der Waals surface area (Å²) in [6.07, 6.45) is 2.39. The van der Waals surface area contributed by atoms with Crippen LogP contribution in [0.3, 0.4) is 0 Å². The maximum atomic E-state index is 5.43. The highest BCUT2D eigenvalue weighted by Crippen LogP contribution is 2.20. The van der Waals surface area contributed by atoms with Gasteiger partial charge in [-0.2, -0.15) is 0 Å². The fraction of sp³-hybridized carbons (Fsp3) is 0.647. The number of aryl methyl sites for hydroxylation is 3. The minimum Gasteiger partial charge on any atom is -0.381 e. The first-order valence-electron chi connectivity index (χ1n) is 7.46. The number of benzene rings is 1. The van der Waals surface area contributed by atoms with E-state index in [1.165, 1.54) is 35.1 Å². The van der Waals surface area contributed by atoms with Crippen LogP contribution in [0.2, 0.25) is 0 Å². The molecule has 0 bridgehead atoms. The molecular formula is C17H27NO. The van der Waals surface area contributed by atoms with Crippen LogP contribution in [-0.2, 0) is 11.3 Å². The maximum Gasteiger partial charge on any atom is 0.0469 e. The Morgan fingerprint density at radius 2 is 1.74 bits per heavy atom. The number of hydrogen-bond acceptors (Lipinski definition) is 2. The van der Waals surface area contributed by atoms with Crippen molar-refractivity contribution in [2.45, 2.75) is 53.1 Å². The molecule has 19 heavy (non-hydrogen) atoms. The van der Waals surface area contributed by atoms with Gasteiger partial charge in [-0.1, -0.05) is 12.1 Å². The summed E-state index contributed by atoms with van der Waals surface area (Å²) in [5.41, 5.74) is 5.61. The summed E-state index contributed by atoms with van der Waals surface area (Å²) in [7, 11) is 0. The first kappa shape index (κ1) is 14.5. The zero-order valence-corrected chi connectivity index (χ0v) is 12.8. The van der Waals surface area contributed by atoms with Gasteiger partial charge in [0.1, 0.15) is 0 Å². The minimum atomic E-state index is 0.574. The second-order valence-corrected chi connectivity index (χ2v) is 5.98. The molecule has 2 heteroatoms. The number of rotatable bonds is 4. The van der Waals surface area contributed by atoms with E-state index in [2.05, 4.69) is 45.1 Å². The molecular weight excluding hydrogens is 234 g/mol. The van der Waals surface area contributed by atoms with Crippen LogP contribution in [0.5, 0.6) is 0 Å². The molecule has 1 heterocycles. The molecule has 1 fully saturated rings. The summed E-state index contributed by atoms with van der Waals surface area (Å²) in [5, 5.41) is 3.70. The van der Waals surface area contributed by atoms with Crippen molar-refractivity contribution in [3.8, 4) is 0 Å². The van der Waals surface area contributed by atoms with Gasteiger partial charge in [0.05, 0.1) is 0 Å². The molecule has 0 aliphatic carbocycles. The predicted molar refractivity (Wildman–Crippen MR) is 80.5 cm³/mol. The van der Waals surface area contributed by atoms with Gasteiger partial charge in [0.15, 0.2) is 0 Å². The topological polar surface area (TPSA) is 21.3 Å². The standard InChI is InChI=1S/C17H27NO/c1-12-9-14(3)17(10-13(12)2)11-18-15(4)16-5-7-19-8-6-16/h9-10,15-16,18H,5-8,11H2,1-4H3. The fourth-order valence-corrected chi connectivity index (χ4v) is 2.86. The van der Waals surface area contributed by atoms with Crippen molar-refractivity contribution in [1.29, 1.82) is 0 Å². The zero-order valence-electron chi connectivity index (χ0n) is 12.8. The van der Waals surface area contributed by atoms with Gasteiger partial charge in [-0.25, -0.2) is 0 Å². The molecule has 1 unspecified atom stereocenters. The fourth-order valence-electron chi connectivity index (χ4n) is 2.86. The van der Waals surface area contributed by atoms with Gasteiger partial charge in [-0.3, -0.25) is 0 Å². The Labute approximate surface area is 117 Å². The monoisotopic (exact) mass is 261 g/mol. The first-order valence-corrected chi connectivity index (χ1v) is 7.46. The molecule has 1 atom stereocenters. The molecule has 1 aliphatic heterocycles. The van der Waals surface area contributed by atoms with E-state index in [1.54, 1.807) is 0 Å². The molecule has 1 aromatic carbocycles. The van der Waals surface area contributed by atoms with Crippen molar-refractivity contribution in [3.05, 3.63) is 34.4 Å². The van der Waals surface area contributed by atoms with E-state index in [-0.39, 0.29) is 0 Å². The quantitative estimate of drug-likeness (QED) is 0.895. The number of nitrogens with one attached hydrogen (secondary N) is 1. The average Bonchev–Trinajstić information content (AvgIpc) is 2.42. The van der Waals surface area contributed by atoms with E-state index in [1.807, 2.05) is 0 Å². The summed E-state index contributed by atoms with van der Waals surface area (Å²) < 4.78 is 5.43. The van der Waals surface area contributed by atoms with Gasteiger partial charge in [-0.15, -0.1) is 0 Å². The summed E-state index contributed by atoms with van der Waals surface area (Å²) in [6.45, 7) is 11.7. The van der Waals surface area contributed by atoms with Crippen molar-refractivity contribution in [2.75, 3.05) is 13.2 Å². The van der Waals surface area contributed by atoms with Crippen LogP contribution in [0.15, 0.2) is 12.1 Å². The molecule has 0 aromatic heterocycles. The molecule has 1 aliphatic rings. The van der Waals surface area contributed by atoms with Gasteiger partial charge in [0.25, 0.3) is 0 Å². The Balaban J connectivity index is 1.92. The van der Waals surface area contributed by atoms with Crippen molar-refractivity contribution in [3.63, 3.8) is 0 Å². The van der Waals surface area contributed by atoms with Crippen molar-refractivity contribution < 1.29 is 4.74 Å². The largest absolute Gasteiger partial charge is 0.381 e. The van der Waals surface area contributed by atoms with E-state index in [4.69, 9.17) is 4.74 Å². The van der Waals surface area contributed by atoms with E-state index in [0.29, 0.717) is 6.04 Å². The van der Waals surface area contributed by atoms with Crippen LogP contribution in [-0.4, -0.2) is 19.3 Å². The Bertz CT molecular complexity index is 422. The van der Waals surface area contributed by atoms with Gasteiger partial charge < -0.3 is 10.1 Å². The minimum absolute atomic E-state index is 0.574. The molecule has 1 saturated heterocycles. The zero-order chi connectivity index (χ0) is 13.8. The summed E-state index contributed by atoms with van der Waals surface area (Å²) in [6, 6.07) is 5.20. The molecule has 1 aromatic rings. The van der Waals surface area contributed by atoms with Crippen molar-refractivity contribution >= 4 is 0 Å². The first-order chi connectivity index (χ1) is 9.08. The second kappa shape index (κ2) is 6.53. The molecule has 0 radical (unpaired) electrons. The van der Waals surface area contributed by atoms with Crippen LogP contribution in [0.1, 0.15) is 42.0 Å². The molecule has 0 amide bonds. The lowest BCUT2D eigenvalue weighted by molar-refractivity contribution is 0.0558. The lowest BCUT2D eigenvalue weighted by Gasteiger charge is -2.28. The highest BCUT2D eigenvalue weighted by Gasteiger charge is 2.20. The summed E-state index contributed by atoms with van der Waals surface area (Å²) in [4.78, 5) is 0. The third-order valence-electron chi connectivity index (χ3n) is 4.54. The van der Waals surface area contributed by atoms with Crippen LogP contribution in [0.25, 0.3) is 0 Å². The Kier molecular flexibility index (Phi) is 5.00. The van der Waals surface area contributed by atoms with Crippen LogP contribution >= 0.6 is 0 Å². The molecule has 2 nitrogen and oxygen atoms in total. The van der Waals surface area contributed by atoms with Crippen LogP contribution in [0, 0.1) is 26.7 Å². The van der Waals surface area contributed by atoms with E-state index < -0.39 is 0 Å². The predicted octanol–water partition coefficient (Wildman–Crippen LogP) is 3.52. The maximum absolute atomic E-state index is 5.43. The number of ether oxygens (including phenoxy) is 1. The van der Waals surface area contributed by atoms with Gasteiger partial charge in [0.2, 0.25) is 0 Å². The van der Waals surface area contributed by atoms with E-state index in [9.17, 15) is 0 Å². The summed E-state index contributed by atoms with van der Waals surface area (Å²) in [5.74, 6) is 0.764. The highest BCUT2D eigenvalue weighted by atomic mass is 16.5. The third-order valence-corrected chi connectivity index (χ3v) is 4.54. The average molecular weight is 261 g/mol. The van der Waals surface area contributed by atoms with Crippen molar-refractivity contribution in [2.24, 2.45) is 5.92 Å². The molecule has 106 valence electrons. The SMILES string of the molecule is Cc1cc(C)c(CNC(C)C2CCOCC2)cc1C. The second-order valence-electron chi connectivity index (χ2n) is 5.98. The normalized spacial score (nSPS) is 18.5. The lowest BCUT2D eigenvalue weighted by atomic mass is 9.92. The Hall–Kier alpha value is -0.860. The molecule has 2 rings (SSSR count). The van der Waals surface area contributed by atoms with Crippen molar-refractivity contribution in [1.82, 2.24) is 5.32 Å².